The Morgan fingerprint density at radius 2 is 2.20 bits per heavy atom. The van der Waals surface area contributed by atoms with Gasteiger partial charge in [-0.2, -0.15) is 0 Å². The third kappa shape index (κ3) is 2.82. The smallest absolute Gasteiger partial charge is 0.0200 e. The fourth-order valence-electron chi connectivity index (χ4n) is 3.24. The molecular formula is C13H24N2. The van der Waals surface area contributed by atoms with Gasteiger partial charge in [0.15, 0.2) is 0 Å². The number of nitrogens with zero attached hydrogens (tertiary/aromatic N) is 1. The van der Waals surface area contributed by atoms with Crippen LogP contribution in [0.4, 0.5) is 0 Å². The van der Waals surface area contributed by atoms with Crippen molar-refractivity contribution < 1.29 is 0 Å². The summed E-state index contributed by atoms with van der Waals surface area (Å²) in [6.45, 7) is 5.97. The summed E-state index contributed by atoms with van der Waals surface area (Å²) in [5.74, 6) is 0.973. The topological polar surface area (TPSA) is 15.3 Å². The number of rotatable bonds is 4. The lowest BCUT2D eigenvalue weighted by Crippen LogP contribution is -2.39. The van der Waals surface area contributed by atoms with Crippen LogP contribution in [0.15, 0.2) is 12.7 Å². The fourth-order valence-corrected chi connectivity index (χ4v) is 3.24. The van der Waals surface area contributed by atoms with Crippen molar-refractivity contribution in [3.8, 4) is 0 Å². The molecule has 0 amide bonds. The quantitative estimate of drug-likeness (QED) is 0.711. The molecule has 1 heterocycles. The first-order chi connectivity index (χ1) is 7.29. The summed E-state index contributed by atoms with van der Waals surface area (Å²) < 4.78 is 0. The highest BCUT2D eigenvalue weighted by Crippen LogP contribution is 2.33. The van der Waals surface area contributed by atoms with Crippen LogP contribution in [0.3, 0.4) is 0 Å². The van der Waals surface area contributed by atoms with E-state index >= 15 is 0 Å². The van der Waals surface area contributed by atoms with E-state index in [-0.39, 0.29) is 0 Å². The van der Waals surface area contributed by atoms with E-state index in [0.29, 0.717) is 0 Å². The van der Waals surface area contributed by atoms with E-state index in [2.05, 4.69) is 23.8 Å². The molecule has 0 aromatic heterocycles. The third-order valence-electron chi connectivity index (χ3n) is 3.92. The van der Waals surface area contributed by atoms with Crippen LogP contribution in [0.5, 0.6) is 0 Å². The molecule has 0 spiro atoms. The number of hydrogen-bond donors (Lipinski definition) is 1. The molecule has 0 bridgehead atoms. The molecule has 1 N–H and O–H groups in total. The first kappa shape index (κ1) is 11.2. The lowest BCUT2D eigenvalue weighted by molar-refractivity contribution is 0.319. The van der Waals surface area contributed by atoms with Crippen LogP contribution in [-0.4, -0.2) is 37.1 Å². The van der Waals surface area contributed by atoms with Gasteiger partial charge < -0.3 is 10.2 Å². The normalized spacial score (nSPS) is 35.5. The lowest BCUT2D eigenvalue weighted by Gasteiger charge is -2.24. The average molecular weight is 208 g/mol. The molecule has 1 aliphatic carbocycles. The van der Waals surface area contributed by atoms with Crippen molar-refractivity contribution in [3.05, 3.63) is 12.7 Å². The Morgan fingerprint density at radius 1 is 1.40 bits per heavy atom. The standard InChI is InChI=1S/C13H24N2/c1-3-8-15(2)10-12-9-11-6-4-5-7-13(11)14-12/h3,11-14H,1,4-10H2,2H3. The van der Waals surface area contributed by atoms with E-state index in [9.17, 15) is 0 Å². The van der Waals surface area contributed by atoms with E-state index in [4.69, 9.17) is 0 Å². The maximum atomic E-state index is 3.81. The summed E-state index contributed by atoms with van der Waals surface area (Å²) in [6.07, 6.45) is 9.14. The Hall–Kier alpha value is -0.340. The molecule has 0 aromatic carbocycles. The first-order valence-corrected chi connectivity index (χ1v) is 6.35. The van der Waals surface area contributed by atoms with Gasteiger partial charge in [-0.3, -0.25) is 0 Å². The molecule has 1 saturated heterocycles. The monoisotopic (exact) mass is 208 g/mol. The summed E-state index contributed by atoms with van der Waals surface area (Å²) in [7, 11) is 2.19. The Morgan fingerprint density at radius 3 is 2.93 bits per heavy atom. The van der Waals surface area contributed by atoms with Crippen molar-refractivity contribution in [2.75, 3.05) is 20.1 Å². The Balaban J connectivity index is 1.78. The van der Waals surface area contributed by atoms with Crippen molar-refractivity contribution in [3.63, 3.8) is 0 Å². The second-order valence-corrected chi connectivity index (χ2v) is 5.26. The van der Waals surface area contributed by atoms with Gasteiger partial charge in [-0.15, -0.1) is 6.58 Å². The van der Waals surface area contributed by atoms with Crippen LogP contribution in [0.2, 0.25) is 0 Å². The van der Waals surface area contributed by atoms with Gasteiger partial charge in [-0.1, -0.05) is 18.9 Å². The zero-order valence-corrected chi connectivity index (χ0v) is 9.91. The highest BCUT2D eigenvalue weighted by Gasteiger charge is 2.34. The highest BCUT2D eigenvalue weighted by atomic mass is 15.1. The number of hydrogen-bond acceptors (Lipinski definition) is 2. The predicted molar refractivity (Wildman–Crippen MR) is 65.0 cm³/mol. The molecule has 2 nitrogen and oxygen atoms in total. The Bertz CT molecular complexity index is 201. The van der Waals surface area contributed by atoms with E-state index in [1.165, 1.54) is 38.6 Å². The molecule has 2 heteroatoms. The van der Waals surface area contributed by atoms with Crippen molar-refractivity contribution in [1.29, 1.82) is 0 Å². The number of fused-ring (bicyclic) bond motifs is 1. The third-order valence-corrected chi connectivity index (χ3v) is 3.92. The summed E-state index contributed by atoms with van der Waals surface area (Å²) >= 11 is 0. The maximum absolute atomic E-state index is 3.81. The summed E-state index contributed by atoms with van der Waals surface area (Å²) in [5, 5.41) is 3.81. The first-order valence-electron chi connectivity index (χ1n) is 6.35. The van der Waals surface area contributed by atoms with Gasteiger partial charge in [0.05, 0.1) is 0 Å². The molecule has 0 radical (unpaired) electrons. The molecule has 2 rings (SSSR count). The molecule has 86 valence electrons. The van der Waals surface area contributed by atoms with Crippen LogP contribution in [0.25, 0.3) is 0 Å². The highest BCUT2D eigenvalue weighted by molar-refractivity contribution is 4.94. The van der Waals surface area contributed by atoms with Gasteiger partial charge in [0, 0.05) is 25.2 Å². The van der Waals surface area contributed by atoms with Gasteiger partial charge in [0.25, 0.3) is 0 Å². The molecule has 3 unspecified atom stereocenters. The Labute approximate surface area is 93.7 Å². The molecule has 2 aliphatic rings. The number of nitrogens with one attached hydrogen (secondary N) is 1. The van der Waals surface area contributed by atoms with Crippen LogP contribution in [0, 0.1) is 5.92 Å². The molecule has 1 aliphatic heterocycles. The summed E-state index contributed by atoms with van der Waals surface area (Å²) in [4.78, 5) is 2.36. The summed E-state index contributed by atoms with van der Waals surface area (Å²) in [5.41, 5.74) is 0. The van der Waals surface area contributed by atoms with Crippen LogP contribution < -0.4 is 5.32 Å². The number of likely N-dealkylation sites (N-methyl/N-ethyl adjacent to an activating group) is 1. The Kier molecular flexibility index (Phi) is 3.81. The van der Waals surface area contributed by atoms with Gasteiger partial charge in [0.2, 0.25) is 0 Å². The zero-order valence-electron chi connectivity index (χ0n) is 9.91. The van der Waals surface area contributed by atoms with Crippen molar-refractivity contribution in [2.24, 2.45) is 5.92 Å². The minimum absolute atomic E-state index is 0.725. The van der Waals surface area contributed by atoms with E-state index < -0.39 is 0 Å². The van der Waals surface area contributed by atoms with Crippen LogP contribution >= 0.6 is 0 Å². The van der Waals surface area contributed by atoms with Crippen molar-refractivity contribution >= 4 is 0 Å². The largest absolute Gasteiger partial charge is 0.310 e. The van der Waals surface area contributed by atoms with Crippen LogP contribution in [-0.2, 0) is 0 Å². The predicted octanol–water partition coefficient (Wildman–Crippen LogP) is 2.02. The van der Waals surface area contributed by atoms with Gasteiger partial charge in [-0.05, 0) is 32.2 Å². The molecule has 15 heavy (non-hydrogen) atoms. The van der Waals surface area contributed by atoms with Gasteiger partial charge >= 0.3 is 0 Å². The van der Waals surface area contributed by atoms with E-state index in [1.54, 1.807) is 0 Å². The minimum atomic E-state index is 0.725. The lowest BCUT2D eigenvalue weighted by atomic mass is 9.85. The SMILES string of the molecule is C=CCN(C)CC1CC2CCCCC2N1. The van der Waals surface area contributed by atoms with E-state index in [1.807, 2.05) is 6.08 Å². The zero-order chi connectivity index (χ0) is 10.7. The molecule has 3 atom stereocenters. The average Bonchev–Trinajstić information content (AvgIpc) is 2.59. The molecule has 1 saturated carbocycles. The van der Waals surface area contributed by atoms with Crippen LogP contribution in [0.1, 0.15) is 32.1 Å². The van der Waals surface area contributed by atoms with E-state index in [0.717, 1.165) is 24.5 Å². The molecule has 0 aromatic rings. The van der Waals surface area contributed by atoms with Gasteiger partial charge in [0.1, 0.15) is 0 Å². The summed E-state index contributed by atoms with van der Waals surface area (Å²) in [6, 6.07) is 1.56. The van der Waals surface area contributed by atoms with Crippen molar-refractivity contribution in [1.82, 2.24) is 10.2 Å². The second kappa shape index (κ2) is 5.13. The van der Waals surface area contributed by atoms with Gasteiger partial charge in [-0.25, -0.2) is 0 Å². The maximum Gasteiger partial charge on any atom is 0.0200 e. The fraction of sp³-hybridized carbons (Fsp3) is 0.846. The molecular weight excluding hydrogens is 184 g/mol. The van der Waals surface area contributed by atoms with Crippen molar-refractivity contribution in [2.45, 2.75) is 44.2 Å². The second-order valence-electron chi connectivity index (χ2n) is 5.26. The molecule has 2 fully saturated rings. The minimum Gasteiger partial charge on any atom is -0.310 e.